The van der Waals surface area contributed by atoms with Crippen molar-refractivity contribution < 1.29 is 34.2 Å². The lowest BCUT2D eigenvalue weighted by Gasteiger charge is -2.25. The van der Waals surface area contributed by atoms with Crippen molar-refractivity contribution in [3.8, 4) is 0 Å². The molecule has 3 amide bonds. The van der Waals surface area contributed by atoms with Gasteiger partial charge in [0.05, 0.1) is 12.5 Å². The molecule has 9 N–H and O–H groups in total. The molecule has 4 atom stereocenters. The first kappa shape index (κ1) is 31.5. The number of aliphatic carboxylic acids is 2. The van der Waals surface area contributed by atoms with E-state index in [4.69, 9.17) is 11.5 Å². The molecule has 1 rings (SSSR count). The molecular weight excluding hydrogens is 482 g/mol. The quantitative estimate of drug-likeness (QED) is 0.134. The van der Waals surface area contributed by atoms with Crippen LogP contribution in [-0.2, 0) is 30.4 Å². The van der Waals surface area contributed by atoms with Crippen molar-refractivity contribution in [3.05, 3.63) is 35.9 Å². The van der Waals surface area contributed by atoms with Crippen molar-refractivity contribution in [1.29, 1.82) is 0 Å². The van der Waals surface area contributed by atoms with Crippen LogP contribution < -0.4 is 27.4 Å². The third kappa shape index (κ3) is 12.3. The SMILES string of the molecule is CC(C)CC(NC(=O)C(N)Cc1ccccc1)C(=O)NC(CC(=O)O)C(=O)NC(CCCCN)C(=O)O. The largest absolute Gasteiger partial charge is 0.481 e. The monoisotopic (exact) mass is 521 g/mol. The van der Waals surface area contributed by atoms with Crippen LogP contribution in [0, 0.1) is 5.92 Å². The third-order valence-corrected chi connectivity index (χ3v) is 5.55. The zero-order valence-electron chi connectivity index (χ0n) is 21.3. The molecule has 0 radical (unpaired) electrons. The maximum atomic E-state index is 13.1. The Balaban J connectivity index is 2.94. The fourth-order valence-corrected chi connectivity index (χ4v) is 3.62. The summed E-state index contributed by atoms with van der Waals surface area (Å²) in [7, 11) is 0. The second-order valence-corrected chi connectivity index (χ2v) is 9.33. The maximum Gasteiger partial charge on any atom is 0.326 e. The Morgan fingerprint density at radius 3 is 1.95 bits per heavy atom. The van der Waals surface area contributed by atoms with Gasteiger partial charge in [-0.25, -0.2) is 4.79 Å². The summed E-state index contributed by atoms with van der Waals surface area (Å²) in [6.45, 7) is 4.02. The second kappa shape index (κ2) is 16.3. The normalized spacial score (nSPS) is 14.2. The molecule has 37 heavy (non-hydrogen) atoms. The van der Waals surface area contributed by atoms with Gasteiger partial charge in [-0.3, -0.25) is 19.2 Å². The van der Waals surface area contributed by atoms with Gasteiger partial charge in [-0.05, 0) is 50.1 Å². The minimum absolute atomic E-state index is 0.0351. The van der Waals surface area contributed by atoms with E-state index in [-0.39, 0.29) is 25.2 Å². The Bertz CT molecular complexity index is 910. The standard InChI is InChI=1S/C25H39N5O7/c1-15(2)12-19(29-22(33)17(27)13-16-8-4-3-5-9-16)23(34)30-20(14-21(31)32)24(35)28-18(25(36)37)10-6-7-11-26/h3-5,8-9,15,17-20H,6-7,10-14,26-27H2,1-2H3,(H,28,35)(H,29,33)(H,30,34)(H,31,32)(H,36,37). The van der Waals surface area contributed by atoms with Crippen molar-refractivity contribution in [1.82, 2.24) is 16.0 Å². The van der Waals surface area contributed by atoms with Gasteiger partial charge in [0.25, 0.3) is 0 Å². The number of nitrogens with one attached hydrogen (secondary N) is 3. The summed E-state index contributed by atoms with van der Waals surface area (Å²) in [5, 5.41) is 25.9. The second-order valence-electron chi connectivity index (χ2n) is 9.33. The number of rotatable bonds is 17. The summed E-state index contributed by atoms with van der Waals surface area (Å²) in [6.07, 6.45) is 0.759. The molecule has 12 nitrogen and oxygen atoms in total. The molecular formula is C25H39N5O7. The van der Waals surface area contributed by atoms with Crippen LogP contribution >= 0.6 is 0 Å². The fourth-order valence-electron chi connectivity index (χ4n) is 3.62. The Labute approximate surface area is 216 Å². The molecule has 0 aliphatic carbocycles. The third-order valence-electron chi connectivity index (χ3n) is 5.55. The molecule has 0 aliphatic rings. The number of carbonyl (C=O) groups excluding carboxylic acids is 3. The van der Waals surface area contributed by atoms with Gasteiger partial charge in [0.15, 0.2) is 0 Å². The molecule has 1 aromatic carbocycles. The van der Waals surface area contributed by atoms with Crippen molar-refractivity contribution >= 4 is 29.7 Å². The molecule has 0 saturated heterocycles. The molecule has 0 aliphatic heterocycles. The number of carboxylic acid groups (broad SMARTS) is 2. The van der Waals surface area contributed by atoms with E-state index in [1.165, 1.54) is 0 Å². The van der Waals surface area contributed by atoms with Gasteiger partial charge in [-0.15, -0.1) is 0 Å². The Kier molecular flexibility index (Phi) is 13.9. The van der Waals surface area contributed by atoms with Crippen molar-refractivity contribution in [3.63, 3.8) is 0 Å². The molecule has 206 valence electrons. The smallest absolute Gasteiger partial charge is 0.326 e. The predicted octanol–water partition coefficient (Wildman–Crippen LogP) is -0.255. The highest BCUT2D eigenvalue weighted by atomic mass is 16.4. The highest BCUT2D eigenvalue weighted by Crippen LogP contribution is 2.09. The number of carboxylic acids is 2. The van der Waals surface area contributed by atoms with Gasteiger partial charge in [0, 0.05) is 0 Å². The predicted molar refractivity (Wildman–Crippen MR) is 136 cm³/mol. The zero-order valence-corrected chi connectivity index (χ0v) is 21.3. The molecule has 0 saturated carbocycles. The van der Waals surface area contributed by atoms with Gasteiger partial charge in [-0.2, -0.15) is 0 Å². The van der Waals surface area contributed by atoms with Crippen molar-refractivity contribution in [2.24, 2.45) is 17.4 Å². The van der Waals surface area contributed by atoms with E-state index in [1.807, 2.05) is 44.2 Å². The van der Waals surface area contributed by atoms with Crippen LogP contribution in [-0.4, -0.2) is 70.6 Å². The molecule has 0 spiro atoms. The topological polar surface area (TPSA) is 214 Å². The van der Waals surface area contributed by atoms with Gasteiger partial charge < -0.3 is 37.6 Å². The highest BCUT2D eigenvalue weighted by molar-refractivity contribution is 5.95. The zero-order chi connectivity index (χ0) is 28.0. The summed E-state index contributed by atoms with van der Waals surface area (Å²) in [6, 6.07) is 4.26. The highest BCUT2D eigenvalue weighted by Gasteiger charge is 2.31. The maximum absolute atomic E-state index is 13.1. The summed E-state index contributed by atoms with van der Waals surface area (Å²) in [5.41, 5.74) is 12.3. The van der Waals surface area contributed by atoms with Crippen LogP contribution in [0.4, 0.5) is 0 Å². The lowest BCUT2D eigenvalue weighted by molar-refractivity contribution is -0.143. The molecule has 4 unspecified atom stereocenters. The van der Waals surface area contributed by atoms with E-state index in [9.17, 15) is 34.2 Å². The van der Waals surface area contributed by atoms with Gasteiger partial charge >= 0.3 is 11.9 Å². The van der Waals surface area contributed by atoms with Crippen LogP contribution in [0.2, 0.25) is 0 Å². The molecule has 0 heterocycles. The molecule has 12 heteroatoms. The summed E-state index contributed by atoms with van der Waals surface area (Å²) >= 11 is 0. The van der Waals surface area contributed by atoms with Gasteiger partial charge in [0.2, 0.25) is 17.7 Å². The number of benzene rings is 1. The van der Waals surface area contributed by atoms with Crippen molar-refractivity contribution in [2.75, 3.05) is 6.54 Å². The number of hydrogen-bond donors (Lipinski definition) is 7. The fraction of sp³-hybridized carbons (Fsp3) is 0.560. The first-order chi connectivity index (χ1) is 17.4. The Morgan fingerprint density at radius 2 is 1.41 bits per heavy atom. The molecule has 0 bridgehead atoms. The van der Waals surface area contributed by atoms with Crippen LogP contribution in [0.15, 0.2) is 30.3 Å². The molecule has 1 aromatic rings. The van der Waals surface area contributed by atoms with Crippen LogP contribution in [0.1, 0.15) is 51.5 Å². The summed E-state index contributed by atoms with van der Waals surface area (Å²) < 4.78 is 0. The molecule has 0 fully saturated rings. The Hall–Kier alpha value is -3.51. The van der Waals surface area contributed by atoms with Gasteiger partial charge in [-0.1, -0.05) is 44.2 Å². The minimum atomic E-state index is -1.55. The lowest BCUT2D eigenvalue weighted by Crippen LogP contribution is -2.57. The van der Waals surface area contributed by atoms with Crippen molar-refractivity contribution in [2.45, 2.75) is 76.5 Å². The van der Waals surface area contributed by atoms with Crippen LogP contribution in [0.3, 0.4) is 0 Å². The van der Waals surface area contributed by atoms with Crippen LogP contribution in [0.5, 0.6) is 0 Å². The average molecular weight is 522 g/mol. The van der Waals surface area contributed by atoms with E-state index in [0.29, 0.717) is 19.4 Å². The van der Waals surface area contributed by atoms with E-state index >= 15 is 0 Å². The molecule has 0 aromatic heterocycles. The first-order valence-electron chi connectivity index (χ1n) is 12.3. The number of unbranched alkanes of at least 4 members (excludes halogenated alkanes) is 1. The lowest BCUT2D eigenvalue weighted by atomic mass is 10.0. The first-order valence-corrected chi connectivity index (χ1v) is 12.3. The van der Waals surface area contributed by atoms with E-state index < -0.39 is 60.2 Å². The number of carbonyl (C=O) groups is 5. The van der Waals surface area contributed by atoms with Crippen LogP contribution in [0.25, 0.3) is 0 Å². The number of amides is 3. The average Bonchev–Trinajstić information content (AvgIpc) is 2.82. The minimum Gasteiger partial charge on any atom is -0.481 e. The number of nitrogens with two attached hydrogens (primary N) is 2. The van der Waals surface area contributed by atoms with E-state index in [2.05, 4.69) is 16.0 Å². The number of hydrogen-bond acceptors (Lipinski definition) is 7. The summed E-state index contributed by atoms with van der Waals surface area (Å²) in [5.74, 6) is -4.99. The van der Waals surface area contributed by atoms with E-state index in [1.54, 1.807) is 0 Å². The van der Waals surface area contributed by atoms with Gasteiger partial charge in [0.1, 0.15) is 18.1 Å². The Morgan fingerprint density at radius 1 is 0.838 bits per heavy atom. The van der Waals surface area contributed by atoms with E-state index in [0.717, 1.165) is 5.56 Å². The summed E-state index contributed by atoms with van der Waals surface area (Å²) in [4.78, 5) is 61.4.